The summed E-state index contributed by atoms with van der Waals surface area (Å²) in [5.41, 5.74) is 3.37. The molecular formula is C24H22N2O2. The van der Waals surface area contributed by atoms with E-state index in [4.69, 9.17) is 0 Å². The van der Waals surface area contributed by atoms with Gasteiger partial charge in [-0.25, -0.2) is 0 Å². The molecule has 3 aromatic carbocycles. The lowest BCUT2D eigenvalue weighted by molar-refractivity contribution is -0.116. The molecule has 0 saturated carbocycles. The van der Waals surface area contributed by atoms with E-state index in [0.717, 1.165) is 11.1 Å². The van der Waals surface area contributed by atoms with Crippen LogP contribution < -0.4 is 10.6 Å². The Hall–Kier alpha value is -3.66. The van der Waals surface area contributed by atoms with Gasteiger partial charge >= 0.3 is 0 Å². The zero-order valence-electron chi connectivity index (χ0n) is 15.5. The van der Waals surface area contributed by atoms with E-state index in [1.807, 2.05) is 60.7 Å². The molecule has 140 valence electrons. The third-order valence-corrected chi connectivity index (χ3v) is 4.12. The van der Waals surface area contributed by atoms with Crippen molar-refractivity contribution in [3.05, 3.63) is 102 Å². The Morgan fingerprint density at radius 3 is 2.11 bits per heavy atom. The van der Waals surface area contributed by atoms with Gasteiger partial charge in [0.2, 0.25) is 11.8 Å². The molecule has 3 rings (SSSR count). The highest BCUT2D eigenvalue weighted by Gasteiger charge is 2.05. The van der Waals surface area contributed by atoms with Gasteiger partial charge < -0.3 is 10.6 Å². The number of nitrogens with one attached hydrogen (secondary N) is 2. The van der Waals surface area contributed by atoms with Crippen molar-refractivity contribution in [2.75, 3.05) is 10.6 Å². The van der Waals surface area contributed by atoms with Gasteiger partial charge in [0.1, 0.15) is 0 Å². The molecule has 0 fully saturated rings. The first-order valence-electron chi connectivity index (χ1n) is 9.17. The molecule has 0 saturated heterocycles. The third kappa shape index (κ3) is 6.25. The van der Waals surface area contributed by atoms with Crippen molar-refractivity contribution in [3.8, 4) is 0 Å². The van der Waals surface area contributed by atoms with E-state index in [9.17, 15) is 9.59 Å². The second kappa shape index (κ2) is 9.88. The molecule has 4 nitrogen and oxygen atoms in total. The minimum atomic E-state index is -0.226. The second-order valence-corrected chi connectivity index (χ2v) is 6.35. The molecule has 0 aliphatic heterocycles. The molecule has 3 aromatic rings. The van der Waals surface area contributed by atoms with E-state index in [1.54, 1.807) is 30.3 Å². The normalized spacial score (nSPS) is 10.6. The van der Waals surface area contributed by atoms with Crippen LogP contribution in [0.25, 0.3) is 6.08 Å². The first-order valence-corrected chi connectivity index (χ1v) is 9.17. The smallest absolute Gasteiger partial charge is 0.248 e. The van der Waals surface area contributed by atoms with E-state index >= 15 is 0 Å². The zero-order chi connectivity index (χ0) is 19.6. The van der Waals surface area contributed by atoms with Crippen LogP contribution in [-0.4, -0.2) is 11.8 Å². The minimum absolute atomic E-state index is 0.0590. The van der Waals surface area contributed by atoms with Crippen LogP contribution in [0, 0.1) is 0 Å². The fourth-order valence-corrected chi connectivity index (χ4v) is 2.72. The maximum atomic E-state index is 12.2. The molecule has 0 atom stereocenters. The van der Waals surface area contributed by atoms with Gasteiger partial charge in [-0.1, -0.05) is 66.7 Å². The van der Waals surface area contributed by atoms with Gasteiger partial charge in [-0.05, 0) is 41.8 Å². The predicted molar refractivity (Wildman–Crippen MR) is 114 cm³/mol. The first-order chi connectivity index (χ1) is 13.7. The van der Waals surface area contributed by atoms with Gasteiger partial charge in [0.25, 0.3) is 0 Å². The van der Waals surface area contributed by atoms with Crippen molar-refractivity contribution in [3.63, 3.8) is 0 Å². The third-order valence-electron chi connectivity index (χ3n) is 4.12. The highest BCUT2D eigenvalue weighted by molar-refractivity contribution is 6.02. The Bertz CT molecular complexity index is 951. The summed E-state index contributed by atoms with van der Waals surface area (Å²) in [6.45, 7) is 0. The van der Waals surface area contributed by atoms with Crippen LogP contribution >= 0.6 is 0 Å². The number of carbonyl (C=O) groups excluding carboxylic acids is 2. The van der Waals surface area contributed by atoms with Crippen molar-refractivity contribution in [1.82, 2.24) is 0 Å². The van der Waals surface area contributed by atoms with E-state index in [1.165, 1.54) is 6.08 Å². The summed E-state index contributed by atoms with van der Waals surface area (Å²) in [4.78, 5) is 24.3. The SMILES string of the molecule is O=C(/C=C/c1ccccc1)Nc1cccc(NC(=O)CCc2ccccc2)c1. The Balaban J connectivity index is 1.52. The molecule has 0 aliphatic rings. The summed E-state index contributed by atoms with van der Waals surface area (Å²) in [6, 6.07) is 26.6. The maximum Gasteiger partial charge on any atom is 0.248 e. The van der Waals surface area contributed by atoms with E-state index < -0.39 is 0 Å². The monoisotopic (exact) mass is 370 g/mol. The van der Waals surface area contributed by atoms with Crippen LogP contribution in [0.4, 0.5) is 11.4 Å². The van der Waals surface area contributed by atoms with Gasteiger partial charge in [0.05, 0.1) is 0 Å². The van der Waals surface area contributed by atoms with Gasteiger partial charge in [-0.3, -0.25) is 9.59 Å². The molecule has 0 unspecified atom stereocenters. The van der Waals surface area contributed by atoms with E-state index in [0.29, 0.717) is 24.2 Å². The molecule has 2 amide bonds. The van der Waals surface area contributed by atoms with Gasteiger partial charge in [0.15, 0.2) is 0 Å². The number of rotatable bonds is 7. The van der Waals surface area contributed by atoms with Crippen molar-refractivity contribution in [2.45, 2.75) is 12.8 Å². The quantitative estimate of drug-likeness (QED) is 0.581. The molecule has 0 spiro atoms. The predicted octanol–water partition coefficient (Wildman–Crippen LogP) is 4.91. The summed E-state index contributed by atoms with van der Waals surface area (Å²) in [6.07, 6.45) is 4.33. The standard InChI is InChI=1S/C24H22N2O2/c27-23(16-14-19-8-3-1-4-9-19)25-21-12-7-13-22(18-21)26-24(28)17-15-20-10-5-2-6-11-20/h1-14,16,18H,15,17H2,(H,25,27)(H,26,28)/b16-14+. The molecule has 0 heterocycles. The van der Waals surface area contributed by atoms with Crippen LogP contribution in [0.2, 0.25) is 0 Å². The van der Waals surface area contributed by atoms with Crippen LogP contribution in [0.5, 0.6) is 0 Å². The number of aryl methyl sites for hydroxylation is 1. The van der Waals surface area contributed by atoms with Crippen molar-refractivity contribution >= 4 is 29.3 Å². The molecule has 0 radical (unpaired) electrons. The molecule has 0 aromatic heterocycles. The molecule has 0 bridgehead atoms. The number of hydrogen-bond donors (Lipinski definition) is 2. The largest absolute Gasteiger partial charge is 0.326 e. The van der Waals surface area contributed by atoms with Gasteiger partial charge in [-0.2, -0.15) is 0 Å². The van der Waals surface area contributed by atoms with Crippen LogP contribution in [-0.2, 0) is 16.0 Å². The summed E-state index contributed by atoms with van der Waals surface area (Å²) in [5.74, 6) is -0.285. The summed E-state index contributed by atoms with van der Waals surface area (Å²) in [7, 11) is 0. The fraction of sp³-hybridized carbons (Fsp3) is 0.0833. The Labute approximate surface area is 164 Å². The average molecular weight is 370 g/mol. The van der Waals surface area contributed by atoms with Gasteiger partial charge in [0, 0.05) is 23.9 Å². The molecule has 28 heavy (non-hydrogen) atoms. The van der Waals surface area contributed by atoms with Crippen LogP contribution in [0.15, 0.2) is 91.0 Å². The van der Waals surface area contributed by atoms with E-state index in [2.05, 4.69) is 10.6 Å². The van der Waals surface area contributed by atoms with E-state index in [-0.39, 0.29) is 11.8 Å². The molecule has 4 heteroatoms. The zero-order valence-corrected chi connectivity index (χ0v) is 15.5. The first kappa shape index (κ1) is 19.1. The summed E-state index contributed by atoms with van der Waals surface area (Å²) in [5, 5.41) is 5.68. The summed E-state index contributed by atoms with van der Waals surface area (Å²) < 4.78 is 0. The highest BCUT2D eigenvalue weighted by Crippen LogP contribution is 2.16. The average Bonchev–Trinajstić information content (AvgIpc) is 2.72. The lowest BCUT2D eigenvalue weighted by atomic mass is 10.1. The molecular weight excluding hydrogens is 348 g/mol. The highest BCUT2D eigenvalue weighted by atomic mass is 16.2. The number of carbonyl (C=O) groups is 2. The summed E-state index contributed by atoms with van der Waals surface area (Å²) >= 11 is 0. The Kier molecular flexibility index (Phi) is 6.74. The van der Waals surface area contributed by atoms with Crippen LogP contribution in [0.3, 0.4) is 0 Å². The topological polar surface area (TPSA) is 58.2 Å². The molecule has 0 aliphatic carbocycles. The lowest BCUT2D eigenvalue weighted by Gasteiger charge is -2.08. The Morgan fingerprint density at radius 1 is 0.750 bits per heavy atom. The lowest BCUT2D eigenvalue weighted by Crippen LogP contribution is -2.13. The van der Waals surface area contributed by atoms with Crippen molar-refractivity contribution in [2.24, 2.45) is 0 Å². The number of benzene rings is 3. The molecule has 2 N–H and O–H groups in total. The fourth-order valence-electron chi connectivity index (χ4n) is 2.72. The maximum absolute atomic E-state index is 12.2. The Morgan fingerprint density at radius 2 is 1.39 bits per heavy atom. The number of hydrogen-bond acceptors (Lipinski definition) is 2. The van der Waals surface area contributed by atoms with Crippen molar-refractivity contribution in [1.29, 1.82) is 0 Å². The van der Waals surface area contributed by atoms with Crippen molar-refractivity contribution < 1.29 is 9.59 Å². The number of anilines is 2. The van der Waals surface area contributed by atoms with Crippen LogP contribution in [0.1, 0.15) is 17.5 Å². The number of amides is 2. The van der Waals surface area contributed by atoms with Gasteiger partial charge in [-0.15, -0.1) is 0 Å². The second-order valence-electron chi connectivity index (χ2n) is 6.35. The minimum Gasteiger partial charge on any atom is -0.326 e.